The fourth-order valence-corrected chi connectivity index (χ4v) is 2.42. The Morgan fingerprint density at radius 1 is 1.37 bits per heavy atom. The molecule has 4 heteroatoms. The minimum Gasteiger partial charge on any atom is -0.396 e. The van der Waals surface area contributed by atoms with Gasteiger partial charge in [-0.25, -0.2) is 4.98 Å². The van der Waals surface area contributed by atoms with Gasteiger partial charge in [0.25, 0.3) is 0 Å². The quantitative estimate of drug-likeness (QED) is 0.766. The zero-order valence-corrected chi connectivity index (χ0v) is 11.5. The summed E-state index contributed by atoms with van der Waals surface area (Å²) in [7, 11) is 0. The van der Waals surface area contributed by atoms with E-state index in [0.29, 0.717) is 5.92 Å². The number of hydrogen-bond acceptors (Lipinski definition) is 3. The molecule has 2 heterocycles. The van der Waals surface area contributed by atoms with Gasteiger partial charge in [0.1, 0.15) is 5.65 Å². The topological polar surface area (TPSA) is 49.6 Å². The monoisotopic (exact) mass is 261 g/mol. The highest BCUT2D eigenvalue weighted by Gasteiger charge is 2.07. The first-order valence-corrected chi connectivity index (χ1v) is 7.07. The first-order valence-electron chi connectivity index (χ1n) is 7.07. The number of rotatable bonds is 8. The molecule has 0 spiro atoms. The number of pyridine rings is 1. The van der Waals surface area contributed by atoms with Crippen molar-refractivity contribution in [2.45, 2.75) is 32.7 Å². The average Bonchev–Trinajstić information content (AvgIpc) is 2.82. The van der Waals surface area contributed by atoms with E-state index in [1.807, 2.05) is 28.8 Å². The van der Waals surface area contributed by atoms with Gasteiger partial charge >= 0.3 is 0 Å². The highest BCUT2D eigenvalue weighted by Crippen LogP contribution is 2.10. The van der Waals surface area contributed by atoms with Crippen LogP contribution in [-0.2, 0) is 6.54 Å². The Labute approximate surface area is 114 Å². The van der Waals surface area contributed by atoms with Gasteiger partial charge in [-0.3, -0.25) is 0 Å². The molecule has 0 bridgehead atoms. The van der Waals surface area contributed by atoms with Crippen molar-refractivity contribution in [3.05, 3.63) is 36.3 Å². The van der Waals surface area contributed by atoms with Gasteiger partial charge in [-0.15, -0.1) is 0 Å². The molecule has 1 unspecified atom stereocenters. The van der Waals surface area contributed by atoms with Crippen LogP contribution in [0, 0.1) is 5.92 Å². The molecule has 0 aromatic carbocycles. The second-order valence-corrected chi connectivity index (χ2v) is 5.00. The van der Waals surface area contributed by atoms with E-state index in [1.54, 1.807) is 0 Å². The summed E-state index contributed by atoms with van der Waals surface area (Å²) in [6.45, 7) is 4.20. The lowest BCUT2D eigenvalue weighted by molar-refractivity contribution is 0.248. The van der Waals surface area contributed by atoms with E-state index in [2.05, 4.69) is 23.4 Å². The first kappa shape index (κ1) is 14.0. The molecule has 0 fully saturated rings. The van der Waals surface area contributed by atoms with Gasteiger partial charge in [-0.05, 0) is 37.4 Å². The molecule has 0 aliphatic heterocycles. The number of nitrogens with zero attached hydrogens (tertiary/aromatic N) is 2. The predicted molar refractivity (Wildman–Crippen MR) is 77.0 cm³/mol. The van der Waals surface area contributed by atoms with E-state index in [0.717, 1.165) is 30.9 Å². The van der Waals surface area contributed by atoms with Crippen LogP contribution >= 0.6 is 0 Å². The molecular formula is C15H23N3O. The zero-order valence-electron chi connectivity index (χ0n) is 11.5. The standard InChI is InChI=1S/C15H23N3O/c1-2-5-13(7-9-19)10-16-11-14-12-18-8-4-3-6-15(18)17-14/h3-4,6,8,12-13,16,19H,2,5,7,9-11H2,1H3. The smallest absolute Gasteiger partial charge is 0.137 e. The minimum absolute atomic E-state index is 0.278. The van der Waals surface area contributed by atoms with Crippen LogP contribution in [0.5, 0.6) is 0 Å². The van der Waals surface area contributed by atoms with Crippen LogP contribution in [0.3, 0.4) is 0 Å². The second-order valence-electron chi connectivity index (χ2n) is 5.00. The Hall–Kier alpha value is -1.39. The van der Waals surface area contributed by atoms with E-state index >= 15 is 0 Å². The first-order chi connectivity index (χ1) is 9.33. The fraction of sp³-hybridized carbons (Fsp3) is 0.533. The molecule has 0 amide bonds. The molecule has 2 aromatic rings. The Balaban J connectivity index is 1.84. The summed E-state index contributed by atoms with van der Waals surface area (Å²) in [5.41, 5.74) is 2.05. The maximum atomic E-state index is 9.03. The van der Waals surface area contributed by atoms with Crippen LogP contribution in [0.25, 0.3) is 5.65 Å². The third kappa shape index (κ3) is 4.04. The summed E-state index contributed by atoms with van der Waals surface area (Å²) in [5.74, 6) is 0.562. The molecule has 0 saturated carbocycles. The van der Waals surface area contributed by atoms with Crippen LogP contribution in [0.1, 0.15) is 31.9 Å². The van der Waals surface area contributed by atoms with Crippen molar-refractivity contribution in [1.29, 1.82) is 0 Å². The summed E-state index contributed by atoms with van der Waals surface area (Å²) in [6.07, 6.45) is 7.28. The Bertz CT molecular complexity index is 456. The lowest BCUT2D eigenvalue weighted by Gasteiger charge is -2.14. The van der Waals surface area contributed by atoms with Crippen LogP contribution in [0.4, 0.5) is 0 Å². The maximum absolute atomic E-state index is 9.03. The molecule has 2 N–H and O–H groups in total. The van der Waals surface area contributed by atoms with Gasteiger partial charge in [-0.2, -0.15) is 0 Å². The van der Waals surface area contributed by atoms with Gasteiger partial charge in [-0.1, -0.05) is 19.4 Å². The lowest BCUT2D eigenvalue weighted by Crippen LogP contribution is -2.23. The molecule has 0 saturated heterocycles. The molecule has 2 aromatic heterocycles. The SMILES string of the molecule is CCCC(CCO)CNCc1cn2ccccc2n1. The Morgan fingerprint density at radius 2 is 2.26 bits per heavy atom. The van der Waals surface area contributed by atoms with Crippen molar-refractivity contribution in [3.8, 4) is 0 Å². The van der Waals surface area contributed by atoms with E-state index in [-0.39, 0.29) is 6.61 Å². The van der Waals surface area contributed by atoms with E-state index in [4.69, 9.17) is 5.11 Å². The van der Waals surface area contributed by atoms with Crippen molar-refractivity contribution in [2.24, 2.45) is 5.92 Å². The van der Waals surface area contributed by atoms with Crippen molar-refractivity contribution < 1.29 is 5.11 Å². The Morgan fingerprint density at radius 3 is 3.00 bits per heavy atom. The second kappa shape index (κ2) is 7.26. The van der Waals surface area contributed by atoms with Gasteiger partial charge < -0.3 is 14.8 Å². The number of aliphatic hydroxyl groups is 1. The van der Waals surface area contributed by atoms with E-state index in [9.17, 15) is 0 Å². The number of imidazole rings is 1. The van der Waals surface area contributed by atoms with Gasteiger partial charge in [0.15, 0.2) is 0 Å². The zero-order chi connectivity index (χ0) is 13.5. The average molecular weight is 261 g/mol. The van der Waals surface area contributed by atoms with Crippen molar-refractivity contribution in [3.63, 3.8) is 0 Å². The van der Waals surface area contributed by atoms with Gasteiger partial charge in [0, 0.05) is 25.5 Å². The van der Waals surface area contributed by atoms with Crippen molar-refractivity contribution >= 4 is 5.65 Å². The van der Waals surface area contributed by atoms with E-state index in [1.165, 1.54) is 12.8 Å². The van der Waals surface area contributed by atoms with Crippen molar-refractivity contribution in [1.82, 2.24) is 14.7 Å². The molecular weight excluding hydrogens is 238 g/mol. The summed E-state index contributed by atoms with van der Waals surface area (Å²) in [5, 5.41) is 12.5. The molecule has 0 aliphatic rings. The predicted octanol–water partition coefficient (Wildman–Crippen LogP) is 2.22. The highest BCUT2D eigenvalue weighted by atomic mass is 16.3. The highest BCUT2D eigenvalue weighted by molar-refractivity contribution is 5.39. The summed E-state index contributed by atoms with van der Waals surface area (Å²) >= 11 is 0. The number of nitrogens with one attached hydrogen (secondary N) is 1. The van der Waals surface area contributed by atoms with E-state index < -0.39 is 0 Å². The Kier molecular flexibility index (Phi) is 5.36. The van der Waals surface area contributed by atoms with Crippen LogP contribution in [-0.4, -0.2) is 27.6 Å². The summed E-state index contributed by atoms with van der Waals surface area (Å²) in [6, 6.07) is 6.01. The third-order valence-electron chi connectivity index (χ3n) is 3.39. The fourth-order valence-electron chi connectivity index (χ4n) is 2.42. The lowest BCUT2D eigenvalue weighted by atomic mass is 10.0. The maximum Gasteiger partial charge on any atom is 0.137 e. The van der Waals surface area contributed by atoms with Gasteiger partial charge in [0.2, 0.25) is 0 Å². The molecule has 0 aliphatic carbocycles. The summed E-state index contributed by atoms with van der Waals surface area (Å²) < 4.78 is 2.04. The molecule has 0 radical (unpaired) electrons. The summed E-state index contributed by atoms with van der Waals surface area (Å²) in [4.78, 5) is 4.55. The molecule has 2 rings (SSSR count). The number of fused-ring (bicyclic) bond motifs is 1. The number of aliphatic hydroxyl groups excluding tert-OH is 1. The van der Waals surface area contributed by atoms with Crippen LogP contribution < -0.4 is 5.32 Å². The normalized spacial score (nSPS) is 12.9. The molecule has 4 nitrogen and oxygen atoms in total. The molecule has 1 atom stereocenters. The third-order valence-corrected chi connectivity index (χ3v) is 3.39. The van der Waals surface area contributed by atoms with Gasteiger partial charge in [0.05, 0.1) is 5.69 Å². The van der Waals surface area contributed by atoms with Crippen LogP contribution in [0.15, 0.2) is 30.6 Å². The van der Waals surface area contributed by atoms with Crippen LogP contribution in [0.2, 0.25) is 0 Å². The van der Waals surface area contributed by atoms with Crippen molar-refractivity contribution in [2.75, 3.05) is 13.2 Å². The largest absolute Gasteiger partial charge is 0.396 e. The molecule has 19 heavy (non-hydrogen) atoms. The molecule has 104 valence electrons. The minimum atomic E-state index is 0.278. The number of aromatic nitrogens is 2. The number of hydrogen-bond donors (Lipinski definition) is 2.